The highest BCUT2D eigenvalue weighted by atomic mass is 19.4. The second-order valence-corrected chi connectivity index (χ2v) is 5.61. The van der Waals surface area contributed by atoms with Crippen LogP contribution in [0.4, 0.5) is 22.0 Å². The summed E-state index contributed by atoms with van der Waals surface area (Å²) in [5, 5.41) is 8.97. The van der Waals surface area contributed by atoms with E-state index in [9.17, 15) is 31.5 Å². The average molecular weight is 367 g/mol. The number of carbonyl (C=O) groups is 2. The third kappa shape index (κ3) is 3.83. The van der Waals surface area contributed by atoms with Gasteiger partial charge in [0.05, 0.1) is 6.42 Å². The van der Waals surface area contributed by atoms with E-state index >= 15 is 0 Å². The van der Waals surface area contributed by atoms with E-state index in [0.29, 0.717) is 0 Å². The van der Waals surface area contributed by atoms with Gasteiger partial charge in [0.1, 0.15) is 5.75 Å². The van der Waals surface area contributed by atoms with Gasteiger partial charge in [0, 0.05) is 18.7 Å². The second kappa shape index (κ2) is 6.85. The molecule has 1 fully saturated rings. The maximum Gasteiger partial charge on any atom is 0.406 e. The van der Waals surface area contributed by atoms with E-state index in [2.05, 4.69) is 4.74 Å². The predicted molar refractivity (Wildman–Crippen MR) is 74.1 cm³/mol. The van der Waals surface area contributed by atoms with Crippen molar-refractivity contribution in [1.29, 1.82) is 0 Å². The lowest BCUT2D eigenvalue weighted by Crippen LogP contribution is -2.47. The Morgan fingerprint density at radius 3 is 2.44 bits per heavy atom. The molecule has 1 N–H and O–H groups in total. The monoisotopic (exact) mass is 367 g/mol. The lowest BCUT2D eigenvalue weighted by atomic mass is 9.86. The Bertz CT molecular complexity index is 664. The Hall–Kier alpha value is -2.39. The molecule has 2 rings (SSSR count). The van der Waals surface area contributed by atoms with E-state index in [4.69, 9.17) is 5.11 Å². The molecule has 1 heterocycles. The molecule has 1 amide bonds. The van der Waals surface area contributed by atoms with Crippen molar-refractivity contribution in [2.75, 3.05) is 13.1 Å². The van der Waals surface area contributed by atoms with Gasteiger partial charge in [0.25, 0.3) is 0 Å². The van der Waals surface area contributed by atoms with Crippen LogP contribution in [0.2, 0.25) is 0 Å². The smallest absolute Gasteiger partial charge is 0.406 e. The van der Waals surface area contributed by atoms with Crippen molar-refractivity contribution in [1.82, 2.24) is 4.90 Å². The second-order valence-electron chi connectivity index (χ2n) is 5.61. The van der Waals surface area contributed by atoms with Crippen molar-refractivity contribution < 1.29 is 41.4 Å². The number of hydrogen-bond acceptors (Lipinski definition) is 3. The van der Waals surface area contributed by atoms with Gasteiger partial charge in [-0.05, 0) is 12.5 Å². The van der Waals surface area contributed by atoms with Gasteiger partial charge in [-0.2, -0.15) is 22.0 Å². The van der Waals surface area contributed by atoms with Gasteiger partial charge in [-0.3, -0.25) is 9.59 Å². The molecular formula is C15H14F5NO4. The van der Waals surface area contributed by atoms with Crippen LogP contribution in [0.1, 0.15) is 12.0 Å². The van der Waals surface area contributed by atoms with Crippen LogP contribution in [0.5, 0.6) is 5.75 Å². The molecule has 1 aliphatic heterocycles. The van der Waals surface area contributed by atoms with E-state index in [1.807, 2.05) is 0 Å². The molecule has 1 unspecified atom stereocenters. The average Bonchev–Trinajstić information content (AvgIpc) is 2.95. The van der Waals surface area contributed by atoms with Gasteiger partial charge >= 0.3 is 18.8 Å². The van der Waals surface area contributed by atoms with Crippen LogP contribution in [0, 0.1) is 5.41 Å². The van der Waals surface area contributed by atoms with Gasteiger partial charge in [-0.15, -0.1) is 0 Å². The van der Waals surface area contributed by atoms with Gasteiger partial charge in [-0.1, -0.05) is 18.2 Å². The molecule has 0 bridgehead atoms. The fourth-order valence-corrected chi connectivity index (χ4v) is 2.69. The molecule has 0 spiro atoms. The van der Waals surface area contributed by atoms with Crippen LogP contribution in [0.15, 0.2) is 24.3 Å². The molecule has 0 saturated carbocycles. The zero-order valence-electron chi connectivity index (χ0n) is 12.7. The summed E-state index contributed by atoms with van der Waals surface area (Å²) in [4.78, 5) is 24.1. The Kier molecular flexibility index (Phi) is 5.19. The molecule has 0 aromatic heterocycles. The summed E-state index contributed by atoms with van der Waals surface area (Å²) < 4.78 is 68.3. The van der Waals surface area contributed by atoms with E-state index < -0.39 is 49.5 Å². The number of likely N-dealkylation sites (tertiary alicyclic amines) is 1. The topological polar surface area (TPSA) is 66.8 Å². The van der Waals surface area contributed by atoms with E-state index in [-0.39, 0.29) is 17.9 Å². The van der Waals surface area contributed by atoms with Gasteiger partial charge in [0.15, 0.2) is 5.41 Å². The minimum Gasteiger partial charge on any atom is -0.481 e. The largest absolute Gasteiger partial charge is 0.481 e. The minimum atomic E-state index is -5.01. The third-order valence-electron chi connectivity index (χ3n) is 4.10. The summed E-state index contributed by atoms with van der Waals surface area (Å²) >= 11 is 0. The zero-order chi connectivity index (χ0) is 18.8. The predicted octanol–water partition coefficient (Wildman–Crippen LogP) is 2.70. The van der Waals surface area contributed by atoms with Crippen LogP contribution in [-0.2, 0) is 16.0 Å². The Labute approximate surface area is 139 Å². The maximum atomic E-state index is 13.1. The molecule has 1 aliphatic rings. The van der Waals surface area contributed by atoms with Crippen LogP contribution in [0.3, 0.4) is 0 Å². The van der Waals surface area contributed by atoms with E-state index in [1.165, 1.54) is 24.3 Å². The van der Waals surface area contributed by atoms with Crippen molar-refractivity contribution in [2.24, 2.45) is 5.41 Å². The number of rotatable bonds is 5. The first kappa shape index (κ1) is 18.9. The van der Waals surface area contributed by atoms with Gasteiger partial charge in [-0.25, -0.2) is 0 Å². The standard InChI is InChI=1S/C15H14F5NO4/c16-13(17)25-10-4-2-1-3-9(10)7-11(22)21-6-5-14(8-21,12(23)24)15(18,19)20/h1-4,13H,5-8H2,(H,23,24). The highest BCUT2D eigenvalue weighted by Gasteiger charge is 2.64. The SMILES string of the molecule is O=C(Cc1ccccc1OC(F)F)N1CCC(C(=O)O)(C(F)(F)F)C1. The lowest BCUT2D eigenvalue weighted by molar-refractivity contribution is -0.227. The van der Waals surface area contributed by atoms with Crippen molar-refractivity contribution in [3.63, 3.8) is 0 Å². The number of benzene rings is 1. The van der Waals surface area contributed by atoms with Gasteiger partial charge in [0.2, 0.25) is 5.91 Å². The first-order chi connectivity index (χ1) is 11.6. The first-order valence-corrected chi connectivity index (χ1v) is 7.17. The molecular weight excluding hydrogens is 353 g/mol. The summed E-state index contributed by atoms with van der Waals surface area (Å²) in [6.07, 6.45) is -6.24. The van der Waals surface area contributed by atoms with Crippen LogP contribution in [-0.4, -0.2) is 47.8 Å². The molecule has 10 heteroatoms. The number of para-hydroxylation sites is 1. The number of halogens is 5. The van der Waals surface area contributed by atoms with Crippen LogP contribution >= 0.6 is 0 Å². The fourth-order valence-electron chi connectivity index (χ4n) is 2.69. The number of hydrogen-bond donors (Lipinski definition) is 1. The number of ether oxygens (including phenoxy) is 1. The fraction of sp³-hybridized carbons (Fsp3) is 0.467. The summed E-state index contributed by atoms with van der Waals surface area (Å²) in [6.45, 7) is -4.52. The number of carboxylic acid groups (broad SMARTS) is 1. The summed E-state index contributed by atoms with van der Waals surface area (Å²) in [6, 6.07) is 5.40. The van der Waals surface area contributed by atoms with Crippen molar-refractivity contribution in [3.05, 3.63) is 29.8 Å². The minimum absolute atomic E-state index is 0.0765. The van der Waals surface area contributed by atoms with Crippen molar-refractivity contribution in [3.8, 4) is 5.75 Å². The van der Waals surface area contributed by atoms with Crippen molar-refractivity contribution >= 4 is 11.9 Å². The Morgan fingerprint density at radius 2 is 1.92 bits per heavy atom. The number of aliphatic carboxylic acids is 1. The number of carbonyl (C=O) groups excluding carboxylic acids is 1. The van der Waals surface area contributed by atoms with Crippen LogP contribution < -0.4 is 4.74 Å². The van der Waals surface area contributed by atoms with E-state index in [1.54, 1.807) is 0 Å². The van der Waals surface area contributed by atoms with E-state index in [0.717, 1.165) is 4.90 Å². The van der Waals surface area contributed by atoms with Crippen molar-refractivity contribution in [2.45, 2.75) is 25.6 Å². The van der Waals surface area contributed by atoms with Crippen LogP contribution in [0.25, 0.3) is 0 Å². The molecule has 5 nitrogen and oxygen atoms in total. The molecule has 1 saturated heterocycles. The highest BCUT2D eigenvalue weighted by molar-refractivity contribution is 5.83. The zero-order valence-corrected chi connectivity index (χ0v) is 12.7. The molecule has 0 radical (unpaired) electrons. The molecule has 25 heavy (non-hydrogen) atoms. The number of alkyl halides is 5. The number of carboxylic acids is 1. The normalized spacial score (nSPS) is 20.8. The lowest BCUT2D eigenvalue weighted by Gasteiger charge is -2.27. The third-order valence-corrected chi connectivity index (χ3v) is 4.10. The summed E-state index contributed by atoms with van der Waals surface area (Å²) in [5.74, 6) is -3.10. The summed E-state index contributed by atoms with van der Waals surface area (Å²) in [7, 11) is 0. The quantitative estimate of drug-likeness (QED) is 0.813. The summed E-state index contributed by atoms with van der Waals surface area (Å²) in [5.41, 5.74) is -2.94. The maximum absolute atomic E-state index is 13.1. The first-order valence-electron chi connectivity index (χ1n) is 7.17. The molecule has 1 atom stereocenters. The van der Waals surface area contributed by atoms with Gasteiger partial charge < -0.3 is 14.7 Å². The number of amides is 1. The molecule has 1 aromatic rings. The molecule has 1 aromatic carbocycles. The number of nitrogens with zero attached hydrogens (tertiary/aromatic N) is 1. The molecule has 0 aliphatic carbocycles. The Balaban J connectivity index is 2.15. The molecule has 138 valence electrons. The Morgan fingerprint density at radius 1 is 1.28 bits per heavy atom. The highest BCUT2D eigenvalue weighted by Crippen LogP contribution is 2.45.